The molecule has 0 aromatic carbocycles. The van der Waals surface area contributed by atoms with Crippen LogP contribution >= 0.6 is 0 Å². The molecule has 2 rings (SSSR count). The molecule has 0 radical (unpaired) electrons. The summed E-state index contributed by atoms with van der Waals surface area (Å²) >= 11 is 0. The maximum Gasteiger partial charge on any atom is 0.141 e. The summed E-state index contributed by atoms with van der Waals surface area (Å²) in [5.41, 5.74) is 0.966. The van der Waals surface area contributed by atoms with Gasteiger partial charge in [-0.05, 0) is 31.2 Å². The van der Waals surface area contributed by atoms with E-state index in [0.717, 1.165) is 36.8 Å². The SMILES string of the molecule is CCCN(CC1CC1)c1ncc(F)cc1CNC(C)C. The van der Waals surface area contributed by atoms with Crippen LogP contribution < -0.4 is 10.2 Å². The van der Waals surface area contributed by atoms with Crippen LogP contribution in [0.3, 0.4) is 0 Å². The molecule has 20 heavy (non-hydrogen) atoms. The van der Waals surface area contributed by atoms with Gasteiger partial charge in [0.05, 0.1) is 6.20 Å². The molecule has 1 N–H and O–H groups in total. The number of rotatable bonds is 8. The van der Waals surface area contributed by atoms with E-state index in [2.05, 4.69) is 36.0 Å². The molecule has 1 saturated carbocycles. The van der Waals surface area contributed by atoms with Crippen LogP contribution in [0.1, 0.15) is 45.6 Å². The lowest BCUT2D eigenvalue weighted by Crippen LogP contribution is -2.30. The molecule has 0 amide bonds. The molecular weight excluding hydrogens is 253 g/mol. The average molecular weight is 279 g/mol. The summed E-state index contributed by atoms with van der Waals surface area (Å²) in [7, 11) is 0. The lowest BCUT2D eigenvalue weighted by atomic mass is 10.2. The molecule has 4 heteroatoms. The fourth-order valence-electron chi connectivity index (χ4n) is 2.37. The first kappa shape index (κ1) is 15.2. The summed E-state index contributed by atoms with van der Waals surface area (Å²) in [6, 6.07) is 2.00. The first-order valence-corrected chi connectivity index (χ1v) is 7.73. The molecule has 0 spiro atoms. The van der Waals surface area contributed by atoms with E-state index in [1.54, 1.807) is 6.07 Å². The standard InChI is InChI=1S/C16H26FN3/c1-4-7-20(11-13-5-6-13)16-14(9-18-12(2)3)8-15(17)10-19-16/h8,10,12-13,18H,4-7,9,11H2,1-3H3. The van der Waals surface area contributed by atoms with Crippen LogP contribution in [0, 0.1) is 11.7 Å². The molecule has 0 saturated heterocycles. The van der Waals surface area contributed by atoms with Crippen LogP contribution in [0.4, 0.5) is 10.2 Å². The minimum absolute atomic E-state index is 0.253. The molecule has 0 unspecified atom stereocenters. The predicted octanol–water partition coefficient (Wildman–Crippen LogP) is 3.35. The summed E-state index contributed by atoms with van der Waals surface area (Å²) in [5, 5.41) is 3.36. The van der Waals surface area contributed by atoms with E-state index in [1.807, 2.05) is 0 Å². The van der Waals surface area contributed by atoms with Gasteiger partial charge in [0.25, 0.3) is 0 Å². The number of hydrogen-bond donors (Lipinski definition) is 1. The Morgan fingerprint density at radius 2 is 2.20 bits per heavy atom. The summed E-state index contributed by atoms with van der Waals surface area (Å²) in [4.78, 5) is 6.69. The minimum Gasteiger partial charge on any atom is -0.356 e. The molecule has 0 atom stereocenters. The first-order chi connectivity index (χ1) is 9.60. The second-order valence-electron chi connectivity index (χ2n) is 6.06. The van der Waals surface area contributed by atoms with Crippen molar-refractivity contribution in [1.29, 1.82) is 0 Å². The van der Waals surface area contributed by atoms with Crippen molar-refractivity contribution in [1.82, 2.24) is 10.3 Å². The van der Waals surface area contributed by atoms with Gasteiger partial charge in [-0.2, -0.15) is 0 Å². The lowest BCUT2D eigenvalue weighted by molar-refractivity contribution is 0.574. The fraction of sp³-hybridized carbons (Fsp3) is 0.688. The van der Waals surface area contributed by atoms with Crippen molar-refractivity contribution in [2.75, 3.05) is 18.0 Å². The number of hydrogen-bond acceptors (Lipinski definition) is 3. The van der Waals surface area contributed by atoms with E-state index in [4.69, 9.17) is 0 Å². The molecule has 1 aliphatic carbocycles. The number of pyridine rings is 1. The molecule has 112 valence electrons. The van der Waals surface area contributed by atoms with E-state index < -0.39 is 0 Å². The van der Waals surface area contributed by atoms with Crippen molar-refractivity contribution in [3.63, 3.8) is 0 Å². The maximum absolute atomic E-state index is 13.5. The van der Waals surface area contributed by atoms with Gasteiger partial charge in [0.1, 0.15) is 11.6 Å². The molecule has 0 bridgehead atoms. The first-order valence-electron chi connectivity index (χ1n) is 7.73. The van der Waals surface area contributed by atoms with E-state index in [9.17, 15) is 4.39 Å². The van der Waals surface area contributed by atoms with Crippen molar-refractivity contribution in [3.05, 3.63) is 23.6 Å². The zero-order valence-electron chi connectivity index (χ0n) is 12.8. The van der Waals surface area contributed by atoms with Gasteiger partial charge >= 0.3 is 0 Å². The van der Waals surface area contributed by atoms with Crippen molar-refractivity contribution >= 4 is 5.82 Å². The lowest BCUT2D eigenvalue weighted by Gasteiger charge is -2.26. The number of aromatic nitrogens is 1. The summed E-state index contributed by atoms with van der Waals surface area (Å²) < 4.78 is 13.5. The second-order valence-corrected chi connectivity index (χ2v) is 6.06. The van der Waals surface area contributed by atoms with Crippen LogP contribution in [0.25, 0.3) is 0 Å². The van der Waals surface area contributed by atoms with E-state index in [1.165, 1.54) is 19.0 Å². The average Bonchev–Trinajstić information content (AvgIpc) is 3.20. The van der Waals surface area contributed by atoms with E-state index in [-0.39, 0.29) is 5.82 Å². The largest absolute Gasteiger partial charge is 0.356 e. The van der Waals surface area contributed by atoms with Gasteiger partial charge in [-0.1, -0.05) is 20.8 Å². The number of nitrogens with zero attached hydrogens (tertiary/aromatic N) is 2. The molecule has 1 aromatic rings. The fourth-order valence-corrected chi connectivity index (χ4v) is 2.37. The zero-order valence-corrected chi connectivity index (χ0v) is 12.8. The predicted molar refractivity (Wildman–Crippen MR) is 81.4 cm³/mol. The van der Waals surface area contributed by atoms with Gasteiger partial charge in [-0.3, -0.25) is 0 Å². The topological polar surface area (TPSA) is 28.2 Å². The van der Waals surface area contributed by atoms with Gasteiger partial charge in [0, 0.05) is 31.2 Å². The number of nitrogens with one attached hydrogen (secondary N) is 1. The molecule has 1 heterocycles. The zero-order chi connectivity index (χ0) is 14.5. The Morgan fingerprint density at radius 3 is 2.80 bits per heavy atom. The normalized spacial score (nSPS) is 14.8. The Kier molecular flexibility index (Phi) is 5.35. The van der Waals surface area contributed by atoms with Crippen molar-refractivity contribution < 1.29 is 4.39 Å². The van der Waals surface area contributed by atoms with E-state index in [0.29, 0.717) is 12.6 Å². The molecule has 1 aliphatic rings. The monoisotopic (exact) mass is 279 g/mol. The number of halogens is 1. The number of anilines is 1. The Hall–Kier alpha value is -1.16. The smallest absolute Gasteiger partial charge is 0.141 e. The van der Waals surface area contributed by atoms with Crippen molar-refractivity contribution in [3.8, 4) is 0 Å². The molecule has 0 aliphatic heterocycles. The highest BCUT2D eigenvalue weighted by Crippen LogP contribution is 2.32. The van der Waals surface area contributed by atoms with Crippen LogP contribution in [0.5, 0.6) is 0 Å². The van der Waals surface area contributed by atoms with Gasteiger partial charge < -0.3 is 10.2 Å². The highest BCUT2D eigenvalue weighted by atomic mass is 19.1. The van der Waals surface area contributed by atoms with Crippen LogP contribution in [0.2, 0.25) is 0 Å². The van der Waals surface area contributed by atoms with Crippen molar-refractivity contribution in [2.24, 2.45) is 5.92 Å². The van der Waals surface area contributed by atoms with Gasteiger partial charge in [0.2, 0.25) is 0 Å². The summed E-state index contributed by atoms with van der Waals surface area (Å²) in [6.07, 6.45) is 5.06. The van der Waals surface area contributed by atoms with Crippen molar-refractivity contribution in [2.45, 2.75) is 52.6 Å². The third-order valence-corrected chi connectivity index (χ3v) is 3.58. The quantitative estimate of drug-likeness (QED) is 0.791. The molecule has 1 fully saturated rings. The van der Waals surface area contributed by atoms with Gasteiger partial charge in [-0.25, -0.2) is 9.37 Å². The Labute approximate surface area is 121 Å². The van der Waals surface area contributed by atoms with Crippen LogP contribution in [-0.4, -0.2) is 24.1 Å². The summed E-state index contributed by atoms with van der Waals surface area (Å²) in [6.45, 7) is 9.09. The second kappa shape index (κ2) is 7.02. The highest BCUT2D eigenvalue weighted by molar-refractivity contribution is 5.47. The third-order valence-electron chi connectivity index (χ3n) is 3.58. The Morgan fingerprint density at radius 1 is 1.45 bits per heavy atom. The van der Waals surface area contributed by atoms with Crippen LogP contribution in [0.15, 0.2) is 12.3 Å². The minimum atomic E-state index is -0.253. The molecule has 3 nitrogen and oxygen atoms in total. The van der Waals surface area contributed by atoms with E-state index >= 15 is 0 Å². The molecule has 1 aromatic heterocycles. The molecular formula is C16H26FN3. The Balaban J connectivity index is 2.16. The van der Waals surface area contributed by atoms with Gasteiger partial charge in [-0.15, -0.1) is 0 Å². The maximum atomic E-state index is 13.5. The Bertz CT molecular complexity index is 430. The van der Waals surface area contributed by atoms with Crippen LogP contribution in [-0.2, 0) is 6.54 Å². The highest BCUT2D eigenvalue weighted by Gasteiger charge is 2.25. The van der Waals surface area contributed by atoms with Gasteiger partial charge in [0.15, 0.2) is 0 Å². The third kappa shape index (κ3) is 4.44. The summed E-state index contributed by atoms with van der Waals surface area (Å²) in [5.74, 6) is 1.50.